The van der Waals surface area contributed by atoms with Crippen molar-refractivity contribution < 1.29 is 8.42 Å². The lowest BCUT2D eigenvalue weighted by atomic mass is 9.87. The second-order valence-corrected chi connectivity index (χ2v) is 9.21. The monoisotopic (exact) mass is 308 g/mol. The fourth-order valence-electron chi connectivity index (χ4n) is 3.28. The van der Waals surface area contributed by atoms with E-state index in [0.29, 0.717) is 29.8 Å². The van der Waals surface area contributed by atoms with Gasteiger partial charge in [0.15, 0.2) is 0 Å². The van der Waals surface area contributed by atoms with Crippen LogP contribution in [0.3, 0.4) is 0 Å². The molecular weight excluding hydrogens is 284 g/mol. The highest BCUT2D eigenvalue weighted by Gasteiger charge is 2.41. The van der Waals surface area contributed by atoms with Crippen molar-refractivity contribution in [2.45, 2.75) is 31.1 Å². The summed E-state index contributed by atoms with van der Waals surface area (Å²) in [5, 5.41) is 3.34. The largest absolute Gasteiger partial charge is 0.316 e. The fraction of sp³-hybridized carbons (Fsp3) is 0.625. The molecule has 1 aromatic rings. The number of hydrogen-bond donors (Lipinski definition) is 1. The van der Waals surface area contributed by atoms with Crippen LogP contribution in [0.1, 0.15) is 26.3 Å². The van der Waals surface area contributed by atoms with Crippen molar-refractivity contribution in [3.05, 3.63) is 29.8 Å². The molecule has 0 spiro atoms. The molecule has 1 N–H and O–H groups in total. The van der Waals surface area contributed by atoms with Gasteiger partial charge < -0.3 is 5.32 Å². The number of nitrogens with one attached hydrogen (secondary N) is 1. The molecule has 2 fully saturated rings. The SMILES string of the molecule is CC(C)(C)c1ccc(S(=O)(=O)N2C[C@H]3CNC[C@H]3C2)cc1. The highest BCUT2D eigenvalue weighted by molar-refractivity contribution is 7.89. The van der Waals surface area contributed by atoms with Crippen LogP contribution in [0.5, 0.6) is 0 Å². The Hall–Kier alpha value is -0.910. The summed E-state index contributed by atoms with van der Waals surface area (Å²) in [5.41, 5.74) is 1.20. The van der Waals surface area contributed by atoms with E-state index in [0.717, 1.165) is 18.7 Å². The van der Waals surface area contributed by atoms with Gasteiger partial charge in [0.1, 0.15) is 0 Å². The van der Waals surface area contributed by atoms with Crippen LogP contribution >= 0.6 is 0 Å². The predicted molar refractivity (Wildman–Crippen MR) is 83.8 cm³/mol. The molecule has 0 bridgehead atoms. The summed E-state index contributed by atoms with van der Waals surface area (Å²) in [6, 6.07) is 7.38. The van der Waals surface area contributed by atoms with Gasteiger partial charge in [0.25, 0.3) is 0 Å². The molecule has 4 nitrogen and oxygen atoms in total. The number of hydrogen-bond acceptors (Lipinski definition) is 3. The van der Waals surface area contributed by atoms with Crippen molar-refractivity contribution in [2.75, 3.05) is 26.2 Å². The maximum Gasteiger partial charge on any atom is 0.243 e. The fourth-order valence-corrected chi connectivity index (χ4v) is 4.84. The van der Waals surface area contributed by atoms with E-state index in [2.05, 4.69) is 26.1 Å². The summed E-state index contributed by atoms with van der Waals surface area (Å²) >= 11 is 0. The Kier molecular flexibility index (Phi) is 3.62. The molecule has 5 heteroatoms. The smallest absolute Gasteiger partial charge is 0.243 e. The van der Waals surface area contributed by atoms with Crippen molar-refractivity contribution in [1.82, 2.24) is 9.62 Å². The van der Waals surface area contributed by atoms with Gasteiger partial charge in [-0.2, -0.15) is 4.31 Å². The second kappa shape index (κ2) is 5.07. The van der Waals surface area contributed by atoms with Gasteiger partial charge in [-0.3, -0.25) is 0 Å². The van der Waals surface area contributed by atoms with Gasteiger partial charge in [0.2, 0.25) is 10.0 Å². The Morgan fingerprint density at radius 1 is 1.05 bits per heavy atom. The summed E-state index contributed by atoms with van der Waals surface area (Å²) in [5.74, 6) is 0.960. The zero-order valence-electron chi connectivity index (χ0n) is 13.0. The summed E-state index contributed by atoms with van der Waals surface area (Å²) in [6.07, 6.45) is 0. The van der Waals surface area contributed by atoms with Crippen molar-refractivity contribution >= 4 is 10.0 Å². The second-order valence-electron chi connectivity index (χ2n) is 7.27. The van der Waals surface area contributed by atoms with Gasteiger partial charge in [-0.05, 0) is 48.0 Å². The average Bonchev–Trinajstić information content (AvgIpc) is 2.98. The van der Waals surface area contributed by atoms with Gasteiger partial charge >= 0.3 is 0 Å². The molecule has 3 rings (SSSR count). The van der Waals surface area contributed by atoms with Crippen molar-refractivity contribution in [3.8, 4) is 0 Å². The molecule has 0 saturated carbocycles. The van der Waals surface area contributed by atoms with E-state index in [1.165, 1.54) is 0 Å². The van der Waals surface area contributed by atoms with Crippen LogP contribution in [0.4, 0.5) is 0 Å². The lowest BCUT2D eigenvalue weighted by molar-refractivity contribution is 0.448. The first-order chi connectivity index (χ1) is 9.78. The quantitative estimate of drug-likeness (QED) is 0.907. The van der Waals surface area contributed by atoms with E-state index in [9.17, 15) is 8.42 Å². The Morgan fingerprint density at radius 2 is 1.57 bits per heavy atom. The number of benzene rings is 1. The van der Waals surface area contributed by atoms with Crippen molar-refractivity contribution in [3.63, 3.8) is 0 Å². The molecule has 0 amide bonds. The van der Waals surface area contributed by atoms with E-state index >= 15 is 0 Å². The van der Waals surface area contributed by atoms with Crippen LogP contribution in [0.15, 0.2) is 29.2 Å². The Morgan fingerprint density at radius 3 is 2.05 bits per heavy atom. The topological polar surface area (TPSA) is 49.4 Å². The molecule has 2 heterocycles. The third-order valence-corrected chi connectivity index (χ3v) is 6.56. The van der Waals surface area contributed by atoms with Crippen LogP contribution in [-0.2, 0) is 15.4 Å². The maximum absolute atomic E-state index is 12.7. The summed E-state index contributed by atoms with van der Waals surface area (Å²) in [7, 11) is -3.34. The average molecular weight is 308 g/mol. The van der Waals surface area contributed by atoms with Crippen LogP contribution in [0, 0.1) is 11.8 Å². The summed E-state index contributed by atoms with van der Waals surface area (Å²) in [4.78, 5) is 0.420. The van der Waals surface area contributed by atoms with Crippen molar-refractivity contribution in [2.24, 2.45) is 11.8 Å². The molecule has 2 aliphatic heterocycles. The molecule has 0 aromatic heterocycles. The minimum absolute atomic E-state index is 0.0403. The predicted octanol–water partition coefficient (Wildman–Crippen LogP) is 1.82. The van der Waals surface area contributed by atoms with E-state index in [4.69, 9.17) is 0 Å². The van der Waals surface area contributed by atoms with Gasteiger partial charge in [0, 0.05) is 13.1 Å². The Balaban J connectivity index is 1.82. The van der Waals surface area contributed by atoms with Gasteiger partial charge in [-0.1, -0.05) is 32.9 Å². The third-order valence-electron chi connectivity index (χ3n) is 4.71. The zero-order valence-corrected chi connectivity index (χ0v) is 13.8. The van der Waals surface area contributed by atoms with Crippen LogP contribution < -0.4 is 5.32 Å². The Bertz CT molecular complexity index is 605. The Labute approximate surface area is 127 Å². The van der Waals surface area contributed by atoms with Crippen LogP contribution in [0.2, 0.25) is 0 Å². The molecule has 21 heavy (non-hydrogen) atoms. The molecular formula is C16H24N2O2S. The molecule has 2 aliphatic rings. The molecule has 1 aromatic carbocycles. The first-order valence-corrected chi connectivity index (χ1v) is 9.04. The molecule has 0 radical (unpaired) electrons. The standard InChI is InChI=1S/C16H24N2O2S/c1-16(2,3)14-4-6-15(7-5-14)21(19,20)18-10-12-8-17-9-13(12)11-18/h4-7,12-13,17H,8-11H2,1-3H3/t12-,13+. The molecule has 2 saturated heterocycles. The van der Waals surface area contributed by atoms with Gasteiger partial charge in [0.05, 0.1) is 4.90 Å². The van der Waals surface area contributed by atoms with E-state index in [1.54, 1.807) is 16.4 Å². The van der Waals surface area contributed by atoms with E-state index < -0.39 is 10.0 Å². The van der Waals surface area contributed by atoms with Crippen LogP contribution in [-0.4, -0.2) is 38.9 Å². The summed E-state index contributed by atoms with van der Waals surface area (Å²) in [6.45, 7) is 9.59. The van der Waals surface area contributed by atoms with Crippen molar-refractivity contribution in [1.29, 1.82) is 0 Å². The zero-order chi connectivity index (χ0) is 15.3. The number of fused-ring (bicyclic) bond motifs is 1. The molecule has 0 unspecified atom stereocenters. The maximum atomic E-state index is 12.7. The molecule has 2 atom stereocenters. The third kappa shape index (κ3) is 2.74. The minimum Gasteiger partial charge on any atom is -0.316 e. The molecule has 0 aliphatic carbocycles. The van der Waals surface area contributed by atoms with E-state index in [-0.39, 0.29) is 5.41 Å². The van der Waals surface area contributed by atoms with Gasteiger partial charge in [-0.15, -0.1) is 0 Å². The molecule has 116 valence electrons. The normalized spacial score (nSPS) is 27.0. The lowest BCUT2D eigenvalue weighted by Gasteiger charge is -2.21. The minimum atomic E-state index is -3.34. The lowest BCUT2D eigenvalue weighted by Crippen LogP contribution is -2.32. The summed E-state index contributed by atoms with van der Waals surface area (Å²) < 4.78 is 27.1. The number of sulfonamides is 1. The first kappa shape index (κ1) is 15.0. The number of nitrogens with zero attached hydrogens (tertiary/aromatic N) is 1. The highest BCUT2D eigenvalue weighted by Crippen LogP contribution is 2.31. The highest BCUT2D eigenvalue weighted by atomic mass is 32.2. The van der Waals surface area contributed by atoms with Crippen LogP contribution in [0.25, 0.3) is 0 Å². The number of rotatable bonds is 2. The van der Waals surface area contributed by atoms with E-state index in [1.807, 2.05) is 12.1 Å². The first-order valence-electron chi connectivity index (χ1n) is 7.60. The van der Waals surface area contributed by atoms with Gasteiger partial charge in [-0.25, -0.2) is 8.42 Å².